The van der Waals surface area contributed by atoms with E-state index in [-0.39, 0.29) is 17.2 Å². The maximum atomic E-state index is 12.9. The van der Waals surface area contributed by atoms with E-state index in [1.807, 2.05) is 6.92 Å². The van der Waals surface area contributed by atoms with E-state index in [1.54, 1.807) is 23.1 Å². The standard InChI is InChI=1S/C15H19N5OS2/c1-10-16-15-20(17-10)14(21)13(23-15)12(11-4-3-9-22-11)19-7-5-18(2)6-8-19/h3-4,9,12-13H,5-8H2,1-2H3. The van der Waals surface area contributed by atoms with Gasteiger partial charge in [-0.05, 0) is 25.4 Å². The molecule has 0 saturated carbocycles. The minimum Gasteiger partial charge on any atom is -0.304 e. The molecule has 1 saturated heterocycles. The first-order valence-electron chi connectivity index (χ1n) is 7.74. The van der Waals surface area contributed by atoms with Crippen LogP contribution in [0.3, 0.4) is 0 Å². The molecule has 0 aliphatic carbocycles. The van der Waals surface area contributed by atoms with Gasteiger partial charge < -0.3 is 4.90 Å². The van der Waals surface area contributed by atoms with Gasteiger partial charge >= 0.3 is 0 Å². The Bertz CT molecular complexity index is 706. The number of thiophene rings is 1. The molecule has 0 radical (unpaired) electrons. The number of hydrogen-bond acceptors (Lipinski definition) is 7. The molecule has 2 aliphatic heterocycles. The van der Waals surface area contributed by atoms with Gasteiger partial charge in [0, 0.05) is 31.1 Å². The van der Waals surface area contributed by atoms with Gasteiger partial charge in [-0.15, -0.1) is 16.4 Å². The van der Waals surface area contributed by atoms with Crippen molar-refractivity contribution in [3.05, 3.63) is 28.2 Å². The zero-order chi connectivity index (χ0) is 16.0. The summed E-state index contributed by atoms with van der Waals surface area (Å²) in [5.74, 6) is 0.717. The molecule has 2 aromatic heterocycles. The van der Waals surface area contributed by atoms with E-state index in [2.05, 4.69) is 44.4 Å². The monoisotopic (exact) mass is 349 g/mol. The summed E-state index contributed by atoms with van der Waals surface area (Å²) >= 11 is 3.29. The highest BCUT2D eigenvalue weighted by Crippen LogP contribution is 2.42. The van der Waals surface area contributed by atoms with Crippen molar-refractivity contribution < 1.29 is 4.79 Å². The second kappa shape index (κ2) is 6.01. The zero-order valence-electron chi connectivity index (χ0n) is 13.2. The van der Waals surface area contributed by atoms with Gasteiger partial charge in [0.15, 0.2) is 5.16 Å². The van der Waals surface area contributed by atoms with E-state index < -0.39 is 0 Å². The van der Waals surface area contributed by atoms with E-state index in [9.17, 15) is 4.79 Å². The Balaban J connectivity index is 1.64. The number of likely N-dealkylation sites (N-methyl/N-ethyl adjacent to an activating group) is 1. The minimum absolute atomic E-state index is 0.0583. The van der Waals surface area contributed by atoms with Crippen LogP contribution in [0.2, 0.25) is 0 Å². The van der Waals surface area contributed by atoms with Crippen LogP contribution in [0.1, 0.15) is 21.5 Å². The Labute approximate surface area is 143 Å². The molecule has 122 valence electrons. The van der Waals surface area contributed by atoms with Crippen LogP contribution in [0.15, 0.2) is 22.7 Å². The molecule has 8 heteroatoms. The van der Waals surface area contributed by atoms with Crippen molar-refractivity contribution >= 4 is 29.0 Å². The fourth-order valence-electron chi connectivity index (χ4n) is 3.18. The quantitative estimate of drug-likeness (QED) is 0.841. The smallest absolute Gasteiger partial charge is 0.264 e. The Kier molecular flexibility index (Phi) is 4.00. The number of carbonyl (C=O) groups excluding carboxylic acids is 1. The summed E-state index contributed by atoms with van der Waals surface area (Å²) in [5.41, 5.74) is 0. The summed E-state index contributed by atoms with van der Waals surface area (Å²) in [6, 6.07) is 4.31. The first kappa shape index (κ1) is 15.3. The van der Waals surface area contributed by atoms with Crippen molar-refractivity contribution in [2.75, 3.05) is 33.2 Å². The van der Waals surface area contributed by atoms with Crippen molar-refractivity contribution in [3.63, 3.8) is 0 Å². The van der Waals surface area contributed by atoms with Gasteiger partial charge in [-0.2, -0.15) is 4.68 Å². The van der Waals surface area contributed by atoms with Crippen molar-refractivity contribution in [2.45, 2.75) is 23.4 Å². The van der Waals surface area contributed by atoms with Crippen LogP contribution in [0.5, 0.6) is 0 Å². The van der Waals surface area contributed by atoms with Gasteiger partial charge in [0.1, 0.15) is 11.1 Å². The molecule has 2 unspecified atom stereocenters. The molecule has 2 aromatic rings. The number of hydrogen-bond donors (Lipinski definition) is 0. The second-order valence-electron chi connectivity index (χ2n) is 6.03. The van der Waals surface area contributed by atoms with Gasteiger partial charge in [0.2, 0.25) is 0 Å². The van der Waals surface area contributed by atoms with Gasteiger partial charge in [0.25, 0.3) is 5.91 Å². The molecule has 0 N–H and O–H groups in total. The van der Waals surface area contributed by atoms with Crippen molar-refractivity contribution in [1.29, 1.82) is 0 Å². The average molecular weight is 349 g/mol. The lowest BCUT2D eigenvalue weighted by atomic mass is 10.1. The van der Waals surface area contributed by atoms with E-state index >= 15 is 0 Å². The number of carbonyl (C=O) groups is 1. The van der Waals surface area contributed by atoms with Gasteiger partial charge in [-0.1, -0.05) is 17.8 Å². The number of fused-ring (bicyclic) bond motifs is 1. The van der Waals surface area contributed by atoms with Crippen LogP contribution in [-0.2, 0) is 0 Å². The van der Waals surface area contributed by atoms with Crippen LogP contribution in [-0.4, -0.2) is 68.9 Å². The van der Waals surface area contributed by atoms with Gasteiger partial charge in [-0.3, -0.25) is 9.69 Å². The topological polar surface area (TPSA) is 54.3 Å². The summed E-state index contributed by atoms with van der Waals surface area (Å²) in [6.07, 6.45) is 0. The first-order chi connectivity index (χ1) is 11.1. The maximum Gasteiger partial charge on any atom is 0.264 e. The number of aryl methyl sites for hydroxylation is 1. The Morgan fingerprint density at radius 2 is 2.09 bits per heavy atom. The predicted molar refractivity (Wildman–Crippen MR) is 91.2 cm³/mol. The van der Waals surface area contributed by atoms with Crippen LogP contribution >= 0.6 is 23.1 Å². The van der Waals surface area contributed by atoms with E-state index in [1.165, 1.54) is 9.56 Å². The van der Waals surface area contributed by atoms with Gasteiger partial charge in [-0.25, -0.2) is 4.98 Å². The molecule has 0 amide bonds. The molecule has 4 heterocycles. The highest BCUT2D eigenvalue weighted by Gasteiger charge is 2.43. The Morgan fingerprint density at radius 3 is 2.74 bits per heavy atom. The number of nitrogens with zero attached hydrogens (tertiary/aromatic N) is 5. The molecule has 2 atom stereocenters. The van der Waals surface area contributed by atoms with Crippen molar-refractivity contribution in [3.8, 4) is 0 Å². The lowest BCUT2D eigenvalue weighted by Crippen LogP contribution is -2.49. The van der Waals surface area contributed by atoms with E-state index in [0.717, 1.165) is 31.3 Å². The normalized spacial score (nSPS) is 24.1. The van der Waals surface area contributed by atoms with Crippen LogP contribution in [0.4, 0.5) is 0 Å². The lowest BCUT2D eigenvalue weighted by molar-refractivity contribution is 0.0771. The molecule has 0 aromatic carbocycles. The lowest BCUT2D eigenvalue weighted by Gasteiger charge is -2.39. The van der Waals surface area contributed by atoms with Crippen LogP contribution in [0, 0.1) is 6.92 Å². The highest BCUT2D eigenvalue weighted by molar-refractivity contribution is 8.01. The molecule has 4 rings (SSSR count). The third-order valence-electron chi connectivity index (χ3n) is 4.42. The maximum absolute atomic E-state index is 12.9. The molecular weight excluding hydrogens is 330 g/mol. The number of thioether (sulfide) groups is 1. The molecule has 2 aliphatic rings. The highest BCUT2D eigenvalue weighted by atomic mass is 32.2. The minimum atomic E-state index is -0.160. The fourth-order valence-corrected chi connectivity index (χ4v) is 5.45. The number of piperazine rings is 1. The van der Waals surface area contributed by atoms with E-state index in [0.29, 0.717) is 5.82 Å². The number of rotatable bonds is 3. The molecule has 6 nitrogen and oxygen atoms in total. The predicted octanol–water partition coefficient (Wildman–Crippen LogP) is 1.75. The summed E-state index contributed by atoms with van der Waals surface area (Å²) in [5, 5.41) is 6.91. The SMILES string of the molecule is Cc1nc2n(n1)C(=O)C(C(c1cccs1)N1CCN(C)CC1)S2. The third kappa shape index (κ3) is 2.73. The summed E-state index contributed by atoms with van der Waals surface area (Å²) in [4.78, 5) is 23.3. The first-order valence-corrected chi connectivity index (χ1v) is 9.50. The molecular formula is C15H19N5OS2. The molecule has 0 spiro atoms. The van der Waals surface area contributed by atoms with Crippen molar-refractivity contribution in [1.82, 2.24) is 24.6 Å². The van der Waals surface area contributed by atoms with Crippen molar-refractivity contribution in [2.24, 2.45) is 0 Å². The second-order valence-corrected chi connectivity index (χ2v) is 8.12. The third-order valence-corrected chi connectivity index (χ3v) is 6.55. The number of aromatic nitrogens is 3. The summed E-state index contributed by atoms with van der Waals surface area (Å²) in [6.45, 7) is 5.87. The van der Waals surface area contributed by atoms with Crippen LogP contribution < -0.4 is 0 Å². The van der Waals surface area contributed by atoms with E-state index in [4.69, 9.17) is 0 Å². The summed E-state index contributed by atoms with van der Waals surface area (Å²) < 4.78 is 1.49. The van der Waals surface area contributed by atoms with Gasteiger partial charge in [0.05, 0.1) is 6.04 Å². The molecule has 0 bridgehead atoms. The fraction of sp³-hybridized carbons (Fsp3) is 0.533. The zero-order valence-corrected chi connectivity index (χ0v) is 14.8. The average Bonchev–Trinajstić information content (AvgIpc) is 3.22. The largest absolute Gasteiger partial charge is 0.304 e. The van der Waals surface area contributed by atoms with Crippen LogP contribution in [0.25, 0.3) is 0 Å². The summed E-state index contributed by atoms with van der Waals surface area (Å²) in [7, 11) is 2.15. The Hall–Kier alpha value is -1.22. The molecule has 23 heavy (non-hydrogen) atoms. The Morgan fingerprint density at radius 1 is 1.30 bits per heavy atom. The molecule has 1 fully saturated rings.